The molecule has 0 unspecified atom stereocenters. The molecule has 2 saturated heterocycles. The maximum atomic E-state index is 7.27. The minimum atomic E-state index is 0.357. The van der Waals surface area contributed by atoms with E-state index >= 15 is 0 Å². The molecule has 1 aromatic rings. The van der Waals surface area contributed by atoms with Crippen LogP contribution in [0.1, 0.15) is 1.37 Å². The van der Waals surface area contributed by atoms with Crippen molar-refractivity contribution < 1.29 is 6.11 Å². The summed E-state index contributed by atoms with van der Waals surface area (Å²) in [6, 6.07) is 0.357. The highest BCUT2D eigenvalue weighted by atomic mass is 16.5. The SMILES string of the molecule is [2H]c1cnc(N2CC3(COC3)C2)nc1. The van der Waals surface area contributed by atoms with Gasteiger partial charge in [-0.25, -0.2) is 9.97 Å². The van der Waals surface area contributed by atoms with Gasteiger partial charge in [-0.2, -0.15) is 0 Å². The number of rotatable bonds is 1. The first kappa shape index (κ1) is 6.32. The van der Waals surface area contributed by atoms with Crippen LogP contribution in [0.5, 0.6) is 0 Å². The van der Waals surface area contributed by atoms with E-state index in [0.29, 0.717) is 11.5 Å². The summed E-state index contributed by atoms with van der Waals surface area (Å²) in [7, 11) is 0. The fourth-order valence-corrected chi connectivity index (χ4v) is 1.90. The molecule has 13 heavy (non-hydrogen) atoms. The van der Waals surface area contributed by atoms with Crippen LogP contribution in [-0.4, -0.2) is 36.3 Å². The lowest BCUT2D eigenvalue weighted by atomic mass is 9.78. The van der Waals surface area contributed by atoms with E-state index in [-0.39, 0.29) is 0 Å². The zero-order valence-electron chi connectivity index (χ0n) is 8.23. The summed E-state index contributed by atoms with van der Waals surface area (Å²) in [5.74, 6) is 0.735. The molecule has 4 heteroatoms. The minimum absolute atomic E-state index is 0.357. The Labute approximate surface area is 78.0 Å². The zero-order chi connectivity index (χ0) is 9.60. The van der Waals surface area contributed by atoms with Crippen LogP contribution in [-0.2, 0) is 4.74 Å². The third-order valence-corrected chi connectivity index (χ3v) is 2.66. The topological polar surface area (TPSA) is 38.2 Å². The van der Waals surface area contributed by atoms with Crippen molar-refractivity contribution in [2.75, 3.05) is 31.2 Å². The number of nitrogens with zero attached hydrogens (tertiary/aromatic N) is 3. The van der Waals surface area contributed by atoms with Gasteiger partial charge < -0.3 is 9.64 Å². The van der Waals surface area contributed by atoms with E-state index in [0.717, 1.165) is 32.3 Å². The van der Waals surface area contributed by atoms with Gasteiger partial charge >= 0.3 is 0 Å². The number of hydrogen-bond acceptors (Lipinski definition) is 4. The first-order valence-corrected chi connectivity index (χ1v) is 4.39. The molecule has 2 aliphatic rings. The van der Waals surface area contributed by atoms with Gasteiger partial charge in [-0.05, 0) is 6.04 Å². The standard InChI is InChI=1S/C9H11N3O/c1-2-10-8(11-3-1)12-4-9(5-12)6-13-7-9/h1-3H,4-7H2/i1D. The van der Waals surface area contributed by atoms with Crippen molar-refractivity contribution in [2.24, 2.45) is 5.41 Å². The van der Waals surface area contributed by atoms with Crippen LogP contribution in [0.3, 0.4) is 0 Å². The van der Waals surface area contributed by atoms with Gasteiger partial charge in [0, 0.05) is 25.5 Å². The molecule has 0 amide bonds. The minimum Gasteiger partial charge on any atom is -0.380 e. The van der Waals surface area contributed by atoms with Gasteiger partial charge in [0.1, 0.15) is 0 Å². The van der Waals surface area contributed by atoms with E-state index in [9.17, 15) is 0 Å². The van der Waals surface area contributed by atoms with Gasteiger partial charge in [0.15, 0.2) is 0 Å². The summed E-state index contributed by atoms with van der Waals surface area (Å²) in [5, 5.41) is 0. The lowest BCUT2D eigenvalue weighted by Crippen LogP contribution is -2.66. The van der Waals surface area contributed by atoms with E-state index in [2.05, 4.69) is 14.9 Å². The van der Waals surface area contributed by atoms with E-state index in [1.54, 1.807) is 0 Å². The second kappa shape index (κ2) is 2.42. The fourth-order valence-electron chi connectivity index (χ4n) is 1.90. The van der Waals surface area contributed by atoms with Crippen LogP contribution in [0.25, 0.3) is 0 Å². The molecule has 2 aliphatic heterocycles. The van der Waals surface area contributed by atoms with Crippen LogP contribution in [0.2, 0.25) is 0 Å². The summed E-state index contributed by atoms with van der Waals surface area (Å²) in [6.07, 6.45) is 3.06. The molecule has 0 aromatic carbocycles. The Morgan fingerprint density at radius 1 is 1.38 bits per heavy atom. The summed E-state index contributed by atoms with van der Waals surface area (Å²) >= 11 is 0. The molecule has 0 N–H and O–H groups in total. The number of ether oxygens (including phenoxy) is 1. The van der Waals surface area contributed by atoms with Crippen molar-refractivity contribution in [1.29, 1.82) is 0 Å². The second-order valence-corrected chi connectivity index (χ2v) is 3.83. The monoisotopic (exact) mass is 178 g/mol. The third kappa shape index (κ3) is 1.02. The van der Waals surface area contributed by atoms with Crippen LogP contribution in [0, 0.1) is 5.41 Å². The average Bonchev–Trinajstić information content (AvgIpc) is 2.03. The zero-order valence-corrected chi connectivity index (χ0v) is 7.23. The predicted octanol–water partition coefficient (Wildman–Crippen LogP) is 0.313. The molecule has 0 bridgehead atoms. The average molecular weight is 178 g/mol. The Bertz CT molecular complexity index is 342. The molecule has 0 aliphatic carbocycles. The molecule has 3 heterocycles. The van der Waals surface area contributed by atoms with E-state index in [1.165, 1.54) is 12.4 Å². The van der Waals surface area contributed by atoms with Crippen molar-refractivity contribution >= 4 is 5.95 Å². The molecule has 0 saturated carbocycles. The molecule has 4 nitrogen and oxygen atoms in total. The molecule has 3 rings (SSSR count). The number of aromatic nitrogens is 2. The Morgan fingerprint density at radius 3 is 2.62 bits per heavy atom. The van der Waals surface area contributed by atoms with Crippen molar-refractivity contribution in [3.63, 3.8) is 0 Å². The second-order valence-electron chi connectivity index (χ2n) is 3.83. The largest absolute Gasteiger partial charge is 0.380 e. The molecular weight excluding hydrogens is 166 g/mol. The van der Waals surface area contributed by atoms with Crippen molar-refractivity contribution in [3.8, 4) is 0 Å². The van der Waals surface area contributed by atoms with Gasteiger partial charge in [0.05, 0.1) is 20.0 Å². The molecule has 1 aromatic heterocycles. The van der Waals surface area contributed by atoms with Gasteiger partial charge in [0.2, 0.25) is 5.95 Å². The molecule has 1 spiro atoms. The first-order chi connectivity index (χ1) is 6.77. The first-order valence-electron chi connectivity index (χ1n) is 4.89. The lowest BCUT2D eigenvalue weighted by molar-refractivity contribution is -0.127. The highest BCUT2D eigenvalue weighted by molar-refractivity contribution is 5.36. The van der Waals surface area contributed by atoms with Gasteiger partial charge in [-0.15, -0.1) is 0 Å². The molecule has 0 radical (unpaired) electrons. The van der Waals surface area contributed by atoms with E-state index < -0.39 is 0 Å². The third-order valence-electron chi connectivity index (χ3n) is 2.66. The Morgan fingerprint density at radius 2 is 2.08 bits per heavy atom. The molecule has 0 atom stereocenters. The van der Waals surface area contributed by atoms with Crippen LogP contribution < -0.4 is 4.90 Å². The quantitative estimate of drug-likeness (QED) is 0.620. The van der Waals surface area contributed by atoms with E-state index in [4.69, 9.17) is 6.11 Å². The summed E-state index contributed by atoms with van der Waals surface area (Å²) in [4.78, 5) is 10.3. The Hall–Kier alpha value is -1.16. The van der Waals surface area contributed by atoms with Crippen LogP contribution in [0.15, 0.2) is 18.4 Å². The maximum absolute atomic E-state index is 7.27. The highest BCUT2D eigenvalue weighted by Crippen LogP contribution is 2.38. The molecular formula is C9H11N3O. The maximum Gasteiger partial charge on any atom is 0.225 e. The fraction of sp³-hybridized carbons (Fsp3) is 0.556. The lowest BCUT2D eigenvalue weighted by Gasteiger charge is -2.54. The van der Waals surface area contributed by atoms with Crippen molar-refractivity contribution in [2.45, 2.75) is 0 Å². The van der Waals surface area contributed by atoms with Crippen molar-refractivity contribution in [3.05, 3.63) is 18.4 Å². The summed E-state index contributed by atoms with van der Waals surface area (Å²) in [5.41, 5.74) is 0.392. The number of anilines is 1. The summed E-state index contributed by atoms with van der Waals surface area (Å²) < 4.78 is 12.5. The smallest absolute Gasteiger partial charge is 0.225 e. The normalized spacial score (nSPS) is 24.9. The highest BCUT2D eigenvalue weighted by Gasteiger charge is 2.49. The van der Waals surface area contributed by atoms with Crippen molar-refractivity contribution in [1.82, 2.24) is 9.97 Å². The molecule has 68 valence electrons. The predicted molar refractivity (Wildman–Crippen MR) is 47.5 cm³/mol. The Balaban J connectivity index is 1.70. The van der Waals surface area contributed by atoms with Crippen LogP contribution >= 0.6 is 0 Å². The Kier molecular flexibility index (Phi) is 1.17. The van der Waals surface area contributed by atoms with E-state index in [1.807, 2.05) is 0 Å². The van der Waals surface area contributed by atoms with Gasteiger partial charge in [-0.3, -0.25) is 0 Å². The molecule has 2 fully saturated rings. The number of hydrogen-bond donors (Lipinski definition) is 0. The summed E-state index contributed by atoms with van der Waals surface area (Å²) in [6.45, 7) is 3.73. The van der Waals surface area contributed by atoms with Crippen LogP contribution in [0.4, 0.5) is 5.95 Å². The van der Waals surface area contributed by atoms with Gasteiger partial charge in [0.25, 0.3) is 0 Å². The van der Waals surface area contributed by atoms with Gasteiger partial charge in [-0.1, -0.05) is 0 Å².